The third-order valence-electron chi connectivity index (χ3n) is 7.22. The second-order valence-electron chi connectivity index (χ2n) is 10.5. The maximum absolute atomic E-state index is 14.1. The number of aromatic nitrogens is 2. The summed E-state index contributed by atoms with van der Waals surface area (Å²) in [5.74, 6) is -0.559. The van der Waals surface area contributed by atoms with Crippen LogP contribution >= 0.6 is 11.8 Å². The molecule has 43 heavy (non-hydrogen) atoms. The van der Waals surface area contributed by atoms with E-state index in [1.54, 1.807) is 16.7 Å². The zero-order valence-electron chi connectivity index (χ0n) is 24.8. The van der Waals surface area contributed by atoms with Crippen LogP contribution in [0.4, 0.5) is 19.3 Å². The Bertz CT molecular complexity index is 1420. The topological polar surface area (TPSA) is 58.1 Å². The van der Waals surface area contributed by atoms with Crippen LogP contribution in [-0.4, -0.2) is 40.0 Å². The van der Waals surface area contributed by atoms with E-state index < -0.39 is 11.6 Å². The van der Waals surface area contributed by atoms with Gasteiger partial charge < -0.3 is 10.2 Å². The molecular weight excluding hydrogens is 562 g/mol. The first-order valence-electron chi connectivity index (χ1n) is 15.2. The molecule has 0 radical (unpaired) electrons. The van der Waals surface area contributed by atoms with Crippen LogP contribution in [-0.2, 0) is 0 Å². The number of halogens is 2. The number of amides is 2. The van der Waals surface area contributed by atoms with E-state index in [1.165, 1.54) is 12.5 Å². The number of rotatable bonds is 16. The second-order valence-corrected chi connectivity index (χ2v) is 11.7. The van der Waals surface area contributed by atoms with Gasteiger partial charge in [-0.25, -0.2) is 13.6 Å². The third kappa shape index (κ3) is 10.2. The minimum atomic E-state index is -0.774. The predicted molar refractivity (Wildman–Crippen MR) is 173 cm³/mol. The van der Waals surface area contributed by atoms with Crippen molar-refractivity contribution in [2.45, 2.75) is 63.3 Å². The quantitative estimate of drug-likeness (QED) is 0.102. The number of unbranched alkanes of at least 4 members (excludes halogenated alkanes) is 6. The molecule has 1 N–H and O–H groups in total. The van der Waals surface area contributed by atoms with Crippen LogP contribution in [0.15, 0.2) is 90.0 Å². The fraction of sp³-hybridized carbons (Fsp3) is 0.343. The summed E-state index contributed by atoms with van der Waals surface area (Å²) in [5, 5.41) is 12.6. The molecule has 8 heteroatoms. The number of benzene rings is 3. The maximum Gasteiger partial charge on any atom is 0.321 e. The van der Waals surface area contributed by atoms with Crippen LogP contribution in [0.1, 0.15) is 58.3 Å². The molecule has 0 unspecified atom stereocenters. The molecule has 4 rings (SSSR count). The lowest BCUT2D eigenvalue weighted by atomic mass is 10.0. The van der Waals surface area contributed by atoms with Gasteiger partial charge in [-0.15, -0.1) is 22.0 Å². The molecule has 0 fully saturated rings. The largest absolute Gasteiger partial charge is 0.325 e. The standard InChI is InChI=1S/C35H40F2N4OS/c1-2-3-4-5-13-22-41(35(42)38-32-21-20-29(36)25-31(32)37)23-14-8-15-24-43-33-26-30(27-16-9-6-10-17-27)34(40-39-33)28-18-11-7-12-19-28/h6-7,9-12,16-21,25-26H,2-5,8,13-15,22-24H2,1H3,(H,38,42). The fourth-order valence-corrected chi connectivity index (χ4v) is 5.71. The van der Waals surface area contributed by atoms with Crippen molar-refractivity contribution in [1.29, 1.82) is 0 Å². The highest BCUT2D eigenvalue weighted by atomic mass is 32.2. The zero-order chi connectivity index (χ0) is 30.3. The molecule has 0 bridgehead atoms. The van der Waals surface area contributed by atoms with Gasteiger partial charge in [-0.2, -0.15) is 0 Å². The maximum atomic E-state index is 14.1. The van der Waals surface area contributed by atoms with Crippen LogP contribution < -0.4 is 5.32 Å². The average Bonchev–Trinajstić information content (AvgIpc) is 3.03. The van der Waals surface area contributed by atoms with Gasteiger partial charge in [-0.05, 0) is 48.8 Å². The summed E-state index contributed by atoms with van der Waals surface area (Å²) in [6, 6.07) is 25.3. The molecular formula is C35H40F2N4OS. The molecule has 0 saturated heterocycles. The molecule has 0 atom stereocenters. The predicted octanol–water partition coefficient (Wildman–Crippen LogP) is 9.86. The van der Waals surface area contributed by atoms with Crippen LogP contribution in [0.25, 0.3) is 22.4 Å². The number of nitrogens with zero attached hydrogens (tertiary/aromatic N) is 3. The van der Waals surface area contributed by atoms with Crippen LogP contribution in [0.2, 0.25) is 0 Å². The summed E-state index contributed by atoms with van der Waals surface area (Å²) in [5.41, 5.74) is 4.05. The second kappa shape index (κ2) is 17.4. The minimum Gasteiger partial charge on any atom is -0.325 e. The van der Waals surface area contributed by atoms with E-state index in [9.17, 15) is 13.6 Å². The molecule has 0 spiro atoms. The minimum absolute atomic E-state index is 0.00644. The summed E-state index contributed by atoms with van der Waals surface area (Å²) in [4.78, 5) is 14.7. The first-order valence-corrected chi connectivity index (χ1v) is 16.2. The third-order valence-corrected chi connectivity index (χ3v) is 8.21. The van der Waals surface area contributed by atoms with Gasteiger partial charge >= 0.3 is 6.03 Å². The summed E-state index contributed by atoms with van der Waals surface area (Å²) in [6.07, 6.45) is 8.16. The number of thioether (sulfide) groups is 1. The molecule has 0 aliphatic heterocycles. The molecule has 226 valence electrons. The van der Waals surface area contributed by atoms with Crippen molar-refractivity contribution < 1.29 is 13.6 Å². The van der Waals surface area contributed by atoms with E-state index in [2.05, 4.69) is 40.6 Å². The van der Waals surface area contributed by atoms with E-state index >= 15 is 0 Å². The first kappa shape index (κ1) is 32.1. The molecule has 0 saturated carbocycles. The van der Waals surface area contributed by atoms with Crippen molar-refractivity contribution in [3.05, 3.63) is 96.6 Å². The highest BCUT2D eigenvalue weighted by molar-refractivity contribution is 7.99. The molecule has 0 aliphatic carbocycles. The van der Waals surface area contributed by atoms with Gasteiger partial charge in [-0.3, -0.25) is 0 Å². The first-order chi connectivity index (χ1) is 21.0. The molecule has 0 aliphatic rings. The van der Waals surface area contributed by atoms with Gasteiger partial charge in [0.1, 0.15) is 22.4 Å². The Morgan fingerprint density at radius 2 is 1.42 bits per heavy atom. The van der Waals surface area contributed by atoms with Gasteiger partial charge in [0.15, 0.2) is 0 Å². The van der Waals surface area contributed by atoms with Gasteiger partial charge in [0.25, 0.3) is 0 Å². The van der Waals surface area contributed by atoms with Crippen molar-refractivity contribution in [3.8, 4) is 22.4 Å². The van der Waals surface area contributed by atoms with E-state index in [4.69, 9.17) is 0 Å². The highest BCUT2D eigenvalue weighted by Crippen LogP contribution is 2.32. The highest BCUT2D eigenvalue weighted by Gasteiger charge is 2.16. The summed E-state index contributed by atoms with van der Waals surface area (Å²) < 4.78 is 27.4. The molecule has 3 aromatic carbocycles. The van der Waals surface area contributed by atoms with Crippen molar-refractivity contribution in [3.63, 3.8) is 0 Å². The van der Waals surface area contributed by atoms with Gasteiger partial charge in [0.05, 0.1) is 5.69 Å². The van der Waals surface area contributed by atoms with Crippen molar-refractivity contribution in [1.82, 2.24) is 15.1 Å². The molecule has 1 aromatic heterocycles. The number of anilines is 1. The Morgan fingerprint density at radius 3 is 2.09 bits per heavy atom. The van der Waals surface area contributed by atoms with Crippen LogP contribution in [0.3, 0.4) is 0 Å². The van der Waals surface area contributed by atoms with E-state index in [1.807, 2.05) is 48.5 Å². The monoisotopic (exact) mass is 602 g/mol. The molecule has 5 nitrogen and oxygen atoms in total. The summed E-state index contributed by atoms with van der Waals surface area (Å²) >= 11 is 1.69. The number of nitrogens with one attached hydrogen (secondary N) is 1. The number of urea groups is 1. The Labute approximate surface area is 258 Å². The Balaban J connectivity index is 1.30. The normalized spacial score (nSPS) is 11.0. The van der Waals surface area contributed by atoms with Crippen molar-refractivity contribution in [2.24, 2.45) is 0 Å². The number of carbonyl (C=O) groups excluding carboxylic acids is 1. The van der Waals surface area contributed by atoms with Crippen LogP contribution in [0.5, 0.6) is 0 Å². The Morgan fingerprint density at radius 1 is 0.767 bits per heavy atom. The summed E-state index contributed by atoms with van der Waals surface area (Å²) in [6.45, 7) is 3.36. The Kier molecular flexibility index (Phi) is 13.0. The SMILES string of the molecule is CCCCCCCN(CCCCCSc1cc(-c2ccccc2)c(-c2ccccc2)nn1)C(=O)Nc1ccc(F)cc1F. The lowest BCUT2D eigenvalue weighted by molar-refractivity contribution is 0.209. The van der Waals surface area contributed by atoms with Crippen LogP contribution in [0, 0.1) is 11.6 Å². The number of carbonyl (C=O) groups is 1. The Hall–Kier alpha value is -3.78. The van der Waals surface area contributed by atoms with Gasteiger partial charge in [0.2, 0.25) is 0 Å². The van der Waals surface area contributed by atoms with Gasteiger partial charge in [0, 0.05) is 30.3 Å². The van der Waals surface area contributed by atoms with Gasteiger partial charge in [-0.1, -0.05) is 99.7 Å². The number of hydrogen-bond acceptors (Lipinski definition) is 4. The van der Waals surface area contributed by atoms with Crippen molar-refractivity contribution in [2.75, 3.05) is 24.2 Å². The number of hydrogen-bond donors (Lipinski definition) is 1. The molecule has 4 aromatic rings. The van der Waals surface area contributed by atoms with E-state index in [-0.39, 0.29) is 11.7 Å². The average molecular weight is 603 g/mol. The van der Waals surface area contributed by atoms with Crippen molar-refractivity contribution >= 4 is 23.5 Å². The van der Waals surface area contributed by atoms with E-state index in [0.29, 0.717) is 13.1 Å². The summed E-state index contributed by atoms with van der Waals surface area (Å²) in [7, 11) is 0. The lowest BCUT2D eigenvalue weighted by Gasteiger charge is -2.23. The lowest BCUT2D eigenvalue weighted by Crippen LogP contribution is -2.36. The molecule has 2 amide bonds. The molecule has 1 heterocycles. The fourth-order valence-electron chi connectivity index (χ4n) is 4.86. The zero-order valence-corrected chi connectivity index (χ0v) is 25.6. The van der Waals surface area contributed by atoms with E-state index in [0.717, 1.165) is 90.2 Å². The smallest absolute Gasteiger partial charge is 0.321 e.